The van der Waals surface area contributed by atoms with E-state index in [2.05, 4.69) is 16.5 Å². The van der Waals surface area contributed by atoms with E-state index < -0.39 is 34.3 Å². The van der Waals surface area contributed by atoms with Gasteiger partial charge in [0.05, 0.1) is 16.6 Å². The molecule has 1 saturated heterocycles. The molecule has 1 aliphatic rings. The Kier molecular flexibility index (Phi) is 7.33. The summed E-state index contributed by atoms with van der Waals surface area (Å²) in [4.78, 5) is 38.6. The second-order valence-corrected chi connectivity index (χ2v) is 10.6. The van der Waals surface area contributed by atoms with Crippen LogP contribution >= 0.6 is 0 Å². The lowest BCUT2D eigenvalue weighted by Gasteiger charge is -2.40. The number of amides is 1. The van der Waals surface area contributed by atoms with Crippen LogP contribution in [0, 0.1) is 18.6 Å². The minimum absolute atomic E-state index is 0.0263. The first-order chi connectivity index (χ1) is 19.5. The third kappa shape index (κ3) is 4.83. The van der Waals surface area contributed by atoms with Gasteiger partial charge in [0.25, 0.3) is 0 Å². The van der Waals surface area contributed by atoms with Gasteiger partial charge in [0, 0.05) is 25.7 Å². The lowest BCUT2D eigenvalue weighted by molar-refractivity contribution is -0.128. The molecule has 212 valence electrons. The van der Waals surface area contributed by atoms with Gasteiger partial charge in [0.1, 0.15) is 23.1 Å². The number of para-hydroxylation sites is 1. The van der Waals surface area contributed by atoms with Crippen LogP contribution in [0.1, 0.15) is 37.8 Å². The predicted molar refractivity (Wildman–Crippen MR) is 155 cm³/mol. The number of benzene rings is 2. The van der Waals surface area contributed by atoms with Crippen LogP contribution in [0.25, 0.3) is 28.0 Å². The van der Waals surface area contributed by atoms with E-state index in [0.717, 1.165) is 17.2 Å². The maximum Gasteiger partial charge on any atom is 0.355 e. The van der Waals surface area contributed by atoms with Crippen LogP contribution in [0.3, 0.4) is 0 Å². The molecule has 0 radical (unpaired) electrons. The van der Waals surface area contributed by atoms with Crippen molar-refractivity contribution in [2.45, 2.75) is 39.7 Å². The van der Waals surface area contributed by atoms with Gasteiger partial charge in [-0.2, -0.15) is 4.98 Å². The fourth-order valence-corrected chi connectivity index (χ4v) is 5.52. The number of phenols is 1. The second-order valence-electron chi connectivity index (χ2n) is 10.6. The zero-order valence-corrected chi connectivity index (χ0v) is 23.4. The van der Waals surface area contributed by atoms with Gasteiger partial charge in [-0.25, -0.2) is 23.1 Å². The van der Waals surface area contributed by atoms with Crippen molar-refractivity contribution in [1.29, 1.82) is 0 Å². The number of aromatic nitrogens is 3. The lowest BCUT2D eigenvalue weighted by Crippen LogP contribution is -2.54. The first kappa shape index (κ1) is 27.9. The molecule has 0 saturated carbocycles. The van der Waals surface area contributed by atoms with E-state index in [1.165, 1.54) is 28.8 Å². The Morgan fingerprint density at radius 1 is 1.12 bits per heavy atom. The monoisotopic (exact) mass is 559 g/mol. The van der Waals surface area contributed by atoms with Crippen LogP contribution in [-0.2, 0) is 4.79 Å². The SMILES string of the molecule is C=CC(=O)N1CCN(c2nc(=O)n(-c3c(C)cccc3C(C)C)c3nc(-c4c(O)cccc4F)c(F)cc23)C[C@H]1C. The predicted octanol–water partition coefficient (Wildman–Crippen LogP) is 5.09. The van der Waals surface area contributed by atoms with Crippen molar-refractivity contribution < 1.29 is 18.7 Å². The molecule has 1 N–H and O–H groups in total. The molecule has 1 amide bonds. The highest BCUT2D eigenvalue weighted by Gasteiger charge is 2.30. The molecule has 5 rings (SSSR count). The number of piperazine rings is 1. The largest absolute Gasteiger partial charge is 0.507 e. The number of carbonyl (C=O) groups excluding carboxylic acids is 1. The molecule has 1 aliphatic heterocycles. The number of carbonyl (C=O) groups is 1. The van der Waals surface area contributed by atoms with Crippen molar-refractivity contribution in [3.05, 3.63) is 88.4 Å². The third-order valence-corrected chi connectivity index (χ3v) is 7.53. The average Bonchev–Trinajstić information content (AvgIpc) is 2.93. The zero-order valence-electron chi connectivity index (χ0n) is 23.4. The van der Waals surface area contributed by atoms with E-state index >= 15 is 4.39 Å². The van der Waals surface area contributed by atoms with Gasteiger partial charge in [-0.3, -0.25) is 4.79 Å². The van der Waals surface area contributed by atoms with Gasteiger partial charge in [0.15, 0.2) is 11.5 Å². The summed E-state index contributed by atoms with van der Waals surface area (Å²) in [5, 5.41) is 10.7. The number of hydrogen-bond donors (Lipinski definition) is 1. The molecular formula is C31H31F2N5O3. The van der Waals surface area contributed by atoms with E-state index in [9.17, 15) is 19.1 Å². The fraction of sp³-hybridized carbons (Fsp3) is 0.290. The number of phenolic OH excluding ortho intramolecular Hbond substituents is 1. The first-order valence-corrected chi connectivity index (χ1v) is 13.4. The minimum Gasteiger partial charge on any atom is -0.507 e. The number of pyridine rings is 1. The van der Waals surface area contributed by atoms with Crippen LogP contribution in [0.5, 0.6) is 5.75 Å². The summed E-state index contributed by atoms with van der Waals surface area (Å²) in [6, 6.07) is 10.3. The van der Waals surface area contributed by atoms with Crippen LogP contribution in [-0.4, -0.2) is 56.1 Å². The van der Waals surface area contributed by atoms with E-state index in [0.29, 0.717) is 25.3 Å². The van der Waals surface area contributed by atoms with Gasteiger partial charge in [0.2, 0.25) is 5.91 Å². The fourth-order valence-electron chi connectivity index (χ4n) is 5.52. The zero-order chi connectivity index (χ0) is 29.6. The van der Waals surface area contributed by atoms with Crippen molar-refractivity contribution in [3.8, 4) is 22.7 Å². The molecule has 8 nitrogen and oxygen atoms in total. The van der Waals surface area contributed by atoms with Crippen LogP contribution in [0.15, 0.2) is 59.9 Å². The summed E-state index contributed by atoms with van der Waals surface area (Å²) < 4.78 is 32.0. The Morgan fingerprint density at radius 3 is 2.51 bits per heavy atom. The number of aryl methyl sites for hydroxylation is 1. The summed E-state index contributed by atoms with van der Waals surface area (Å²) in [5.41, 5.74) is 0.817. The highest BCUT2D eigenvalue weighted by atomic mass is 19.1. The Balaban J connectivity index is 1.82. The Bertz CT molecular complexity index is 1730. The third-order valence-electron chi connectivity index (χ3n) is 7.53. The molecule has 0 aliphatic carbocycles. The quantitative estimate of drug-likeness (QED) is 0.343. The second kappa shape index (κ2) is 10.8. The van der Waals surface area contributed by atoms with E-state index in [1.54, 1.807) is 4.90 Å². The molecule has 2 aromatic heterocycles. The first-order valence-electron chi connectivity index (χ1n) is 13.4. The number of hydrogen-bond acceptors (Lipinski definition) is 6. The Hall–Kier alpha value is -4.60. The molecule has 0 spiro atoms. The Morgan fingerprint density at radius 2 is 1.85 bits per heavy atom. The Labute approximate surface area is 236 Å². The molecule has 2 aromatic carbocycles. The molecule has 41 heavy (non-hydrogen) atoms. The summed E-state index contributed by atoms with van der Waals surface area (Å²) in [7, 11) is 0. The number of nitrogens with zero attached hydrogens (tertiary/aromatic N) is 5. The van der Waals surface area contributed by atoms with Gasteiger partial charge in [-0.15, -0.1) is 0 Å². The highest BCUT2D eigenvalue weighted by molar-refractivity contribution is 5.91. The van der Waals surface area contributed by atoms with Crippen molar-refractivity contribution >= 4 is 22.8 Å². The molecule has 1 fully saturated rings. The smallest absolute Gasteiger partial charge is 0.355 e. The number of halogens is 2. The average molecular weight is 560 g/mol. The molecular weight excluding hydrogens is 528 g/mol. The normalized spacial score (nSPS) is 15.5. The topological polar surface area (TPSA) is 91.6 Å². The lowest BCUT2D eigenvalue weighted by atomic mass is 9.98. The standard InChI is InChI=1S/C31H31F2N5O3/c1-6-25(40)37-14-13-36(16-19(37)5)29-21-15-23(33)27(26-22(32)11-8-12-24(26)39)34-30(21)38(31(41)35-29)28-18(4)9-7-10-20(28)17(2)3/h6-12,15,17,19,39H,1,13-14,16H2,2-5H3/t19-/m1/s1. The summed E-state index contributed by atoms with van der Waals surface area (Å²) in [6.07, 6.45) is 1.26. The summed E-state index contributed by atoms with van der Waals surface area (Å²) in [5.74, 6) is -2.17. The van der Waals surface area contributed by atoms with Crippen molar-refractivity contribution in [1.82, 2.24) is 19.4 Å². The van der Waals surface area contributed by atoms with E-state index in [-0.39, 0.29) is 34.7 Å². The number of rotatable bonds is 5. The van der Waals surface area contributed by atoms with Gasteiger partial charge in [-0.05, 0) is 55.2 Å². The summed E-state index contributed by atoms with van der Waals surface area (Å²) >= 11 is 0. The van der Waals surface area contributed by atoms with E-state index in [4.69, 9.17) is 0 Å². The van der Waals surface area contributed by atoms with Crippen LogP contribution in [0.4, 0.5) is 14.6 Å². The van der Waals surface area contributed by atoms with Gasteiger partial charge in [-0.1, -0.05) is 44.7 Å². The minimum atomic E-state index is -0.881. The molecule has 10 heteroatoms. The molecule has 4 aromatic rings. The maximum absolute atomic E-state index is 15.8. The van der Waals surface area contributed by atoms with Crippen molar-refractivity contribution in [3.63, 3.8) is 0 Å². The number of anilines is 1. The molecule has 1 atom stereocenters. The van der Waals surface area contributed by atoms with Crippen molar-refractivity contribution in [2.24, 2.45) is 0 Å². The van der Waals surface area contributed by atoms with Gasteiger partial charge < -0.3 is 14.9 Å². The number of aromatic hydroxyl groups is 1. The molecule has 3 heterocycles. The summed E-state index contributed by atoms with van der Waals surface area (Å²) in [6.45, 7) is 12.3. The number of fused-ring (bicyclic) bond motifs is 1. The maximum atomic E-state index is 15.8. The van der Waals surface area contributed by atoms with E-state index in [1.807, 2.05) is 50.8 Å². The van der Waals surface area contributed by atoms with Crippen molar-refractivity contribution in [2.75, 3.05) is 24.5 Å². The molecule has 0 bridgehead atoms. The van der Waals surface area contributed by atoms with Gasteiger partial charge >= 0.3 is 5.69 Å². The van der Waals surface area contributed by atoms with Crippen LogP contribution in [0.2, 0.25) is 0 Å². The molecule has 0 unspecified atom stereocenters. The highest BCUT2D eigenvalue weighted by Crippen LogP contribution is 2.36. The van der Waals surface area contributed by atoms with Crippen LogP contribution < -0.4 is 10.6 Å².